The Morgan fingerprint density at radius 1 is 1.44 bits per heavy atom. The number of aliphatic hydroxyl groups is 1. The molecule has 0 amide bonds. The van der Waals surface area contributed by atoms with Crippen LogP contribution in [0.15, 0.2) is 0 Å². The molecule has 1 saturated carbocycles. The highest BCUT2D eigenvalue weighted by molar-refractivity contribution is 7.99. The fourth-order valence-electron chi connectivity index (χ4n) is 2.31. The van der Waals surface area contributed by atoms with E-state index in [1.165, 1.54) is 25.7 Å². The van der Waals surface area contributed by atoms with E-state index in [0.717, 1.165) is 29.9 Å². The van der Waals surface area contributed by atoms with Gasteiger partial charge in [0.1, 0.15) is 0 Å². The van der Waals surface area contributed by atoms with E-state index >= 15 is 0 Å². The van der Waals surface area contributed by atoms with Crippen LogP contribution in [0.5, 0.6) is 0 Å². The van der Waals surface area contributed by atoms with Crippen molar-refractivity contribution in [3.63, 3.8) is 0 Å². The van der Waals surface area contributed by atoms with E-state index in [2.05, 4.69) is 30.9 Å². The summed E-state index contributed by atoms with van der Waals surface area (Å²) in [6, 6.07) is 0.294. The van der Waals surface area contributed by atoms with Gasteiger partial charge in [0, 0.05) is 17.0 Å². The van der Waals surface area contributed by atoms with Gasteiger partial charge in [0.2, 0.25) is 0 Å². The maximum absolute atomic E-state index is 9.26. The molecule has 96 valence electrons. The van der Waals surface area contributed by atoms with Gasteiger partial charge in [-0.1, -0.05) is 26.7 Å². The molecular formula is C13H27NOS. The molecule has 2 N–H and O–H groups in total. The second-order valence-electron chi connectivity index (χ2n) is 5.06. The molecule has 0 heterocycles. The van der Waals surface area contributed by atoms with Gasteiger partial charge in [-0.25, -0.2) is 0 Å². The van der Waals surface area contributed by atoms with Gasteiger partial charge in [-0.15, -0.1) is 0 Å². The summed E-state index contributed by atoms with van der Waals surface area (Å²) in [4.78, 5) is 0. The van der Waals surface area contributed by atoms with Crippen LogP contribution in [0.4, 0.5) is 0 Å². The highest BCUT2D eigenvalue weighted by atomic mass is 32.2. The molecular weight excluding hydrogens is 218 g/mol. The fraction of sp³-hybridized carbons (Fsp3) is 1.00. The Balaban J connectivity index is 2.15. The zero-order valence-electron chi connectivity index (χ0n) is 10.7. The molecule has 0 aromatic heterocycles. The second kappa shape index (κ2) is 8.37. The molecule has 0 aromatic rings. The van der Waals surface area contributed by atoms with Crippen LogP contribution in [0.3, 0.4) is 0 Å². The average Bonchev–Trinajstić information content (AvgIpc) is 2.29. The largest absolute Gasteiger partial charge is 0.395 e. The molecule has 0 spiro atoms. The van der Waals surface area contributed by atoms with Crippen LogP contribution in [0.2, 0.25) is 0 Å². The highest BCUT2D eigenvalue weighted by Gasteiger charge is 2.20. The summed E-state index contributed by atoms with van der Waals surface area (Å²) in [5.41, 5.74) is 0. The molecule has 0 saturated heterocycles. The van der Waals surface area contributed by atoms with Crippen molar-refractivity contribution >= 4 is 11.8 Å². The molecule has 1 aliphatic rings. The maximum Gasteiger partial charge on any atom is 0.0592 e. The molecule has 3 heteroatoms. The molecule has 1 rings (SSSR count). The Morgan fingerprint density at radius 2 is 2.25 bits per heavy atom. The second-order valence-corrected chi connectivity index (χ2v) is 6.39. The van der Waals surface area contributed by atoms with Crippen LogP contribution < -0.4 is 5.32 Å². The summed E-state index contributed by atoms with van der Waals surface area (Å²) in [5, 5.41) is 13.5. The number of thioether (sulfide) groups is 1. The summed E-state index contributed by atoms with van der Waals surface area (Å²) in [7, 11) is 0. The van der Waals surface area contributed by atoms with Gasteiger partial charge >= 0.3 is 0 Å². The van der Waals surface area contributed by atoms with E-state index in [1.807, 2.05) is 0 Å². The van der Waals surface area contributed by atoms with E-state index in [1.54, 1.807) is 0 Å². The van der Waals surface area contributed by atoms with Crippen LogP contribution in [0, 0.1) is 5.92 Å². The molecule has 1 fully saturated rings. The van der Waals surface area contributed by atoms with Crippen LogP contribution >= 0.6 is 11.8 Å². The molecule has 0 radical (unpaired) electrons. The quantitative estimate of drug-likeness (QED) is 0.723. The third-order valence-electron chi connectivity index (χ3n) is 3.32. The highest BCUT2D eigenvalue weighted by Crippen LogP contribution is 2.32. The molecule has 3 unspecified atom stereocenters. The van der Waals surface area contributed by atoms with Crippen LogP contribution in [-0.4, -0.2) is 35.3 Å². The molecule has 1 aliphatic carbocycles. The molecule has 16 heavy (non-hydrogen) atoms. The zero-order chi connectivity index (χ0) is 11.8. The summed E-state index contributed by atoms with van der Waals surface area (Å²) < 4.78 is 0. The predicted molar refractivity (Wildman–Crippen MR) is 73.0 cm³/mol. The van der Waals surface area contributed by atoms with Crippen molar-refractivity contribution in [1.29, 1.82) is 0 Å². The summed E-state index contributed by atoms with van der Waals surface area (Å²) in [6.07, 6.45) is 6.69. The Bertz CT molecular complexity index is 177. The van der Waals surface area contributed by atoms with Crippen molar-refractivity contribution in [3.8, 4) is 0 Å². The molecule has 0 bridgehead atoms. The normalized spacial score (nSPS) is 27.9. The minimum Gasteiger partial charge on any atom is -0.395 e. The monoisotopic (exact) mass is 245 g/mol. The van der Waals surface area contributed by atoms with Gasteiger partial charge in [-0.3, -0.25) is 0 Å². The smallest absolute Gasteiger partial charge is 0.0592 e. The Labute approximate surface area is 105 Å². The minimum atomic E-state index is 0.273. The Morgan fingerprint density at radius 3 is 2.88 bits per heavy atom. The van der Waals surface area contributed by atoms with E-state index in [4.69, 9.17) is 0 Å². The van der Waals surface area contributed by atoms with E-state index < -0.39 is 0 Å². The number of hydrogen-bond donors (Lipinski definition) is 2. The third-order valence-corrected chi connectivity index (χ3v) is 4.82. The van der Waals surface area contributed by atoms with Crippen molar-refractivity contribution < 1.29 is 5.11 Å². The predicted octanol–water partition coefficient (Wildman–Crippen LogP) is 2.66. The first-order chi connectivity index (χ1) is 7.76. The first-order valence-corrected chi connectivity index (χ1v) is 7.77. The molecule has 0 aliphatic heterocycles. The average molecular weight is 245 g/mol. The molecule has 0 aromatic carbocycles. The third kappa shape index (κ3) is 5.55. The lowest BCUT2D eigenvalue weighted by molar-refractivity contribution is 0.254. The van der Waals surface area contributed by atoms with E-state index in [-0.39, 0.29) is 6.61 Å². The number of hydrogen-bond acceptors (Lipinski definition) is 3. The molecule has 3 atom stereocenters. The molecule has 2 nitrogen and oxygen atoms in total. The summed E-state index contributed by atoms with van der Waals surface area (Å²) in [5.74, 6) is 1.97. The minimum absolute atomic E-state index is 0.273. The van der Waals surface area contributed by atoms with Crippen molar-refractivity contribution in [2.75, 3.05) is 18.9 Å². The lowest BCUT2D eigenvalue weighted by Crippen LogP contribution is -2.36. The van der Waals surface area contributed by atoms with Crippen molar-refractivity contribution in [1.82, 2.24) is 5.32 Å². The SMILES string of the molecule is CCCNC(CO)CSC1CCCC(C)C1. The Hall–Kier alpha value is 0.270. The van der Waals surface area contributed by atoms with Crippen molar-refractivity contribution in [2.45, 2.75) is 57.2 Å². The Kier molecular flexibility index (Phi) is 7.50. The maximum atomic E-state index is 9.26. The lowest BCUT2D eigenvalue weighted by Gasteiger charge is -2.27. The van der Waals surface area contributed by atoms with Crippen LogP contribution in [0.1, 0.15) is 46.0 Å². The van der Waals surface area contributed by atoms with Crippen LogP contribution in [-0.2, 0) is 0 Å². The van der Waals surface area contributed by atoms with Crippen molar-refractivity contribution in [3.05, 3.63) is 0 Å². The van der Waals surface area contributed by atoms with Crippen molar-refractivity contribution in [2.24, 2.45) is 5.92 Å². The first-order valence-electron chi connectivity index (χ1n) is 6.72. The number of rotatable bonds is 7. The van der Waals surface area contributed by atoms with Crippen LogP contribution in [0.25, 0.3) is 0 Å². The zero-order valence-corrected chi connectivity index (χ0v) is 11.6. The van der Waals surface area contributed by atoms with Gasteiger partial charge in [-0.05, 0) is 31.7 Å². The van der Waals surface area contributed by atoms with E-state index in [9.17, 15) is 5.11 Å². The topological polar surface area (TPSA) is 32.3 Å². The fourth-order valence-corrected chi connectivity index (χ4v) is 3.83. The number of aliphatic hydroxyl groups excluding tert-OH is 1. The van der Waals surface area contributed by atoms with Gasteiger partial charge < -0.3 is 10.4 Å². The van der Waals surface area contributed by atoms with Gasteiger partial charge in [0.15, 0.2) is 0 Å². The first kappa shape index (κ1) is 14.3. The number of nitrogens with one attached hydrogen (secondary N) is 1. The lowest BCUT2D eigenvalue weighted by atomic mass is 9.91. The standard InChI is InChI=1S/C13H27NOS/c1-3-7-14-12(9-15)10-16-13-6-4-5-11(2)8-13/h11-15H,3-10H2,1-2H3. The summed E-state index contributed by atoms with van der Waals surface area (Å²) in [6.45, 7) is 5.82. The van der Waals surface area contributed by atoms with Gasteiger partial charge in [-0.2, -0.15) is 11.8 Å². The van der Waals surface area contributed by atoms with Gasteiger partial charge in [0.05, 0.1) is 6.61 Å². The van der Waals surface area contributed by atoms with Gasteiger partial charge in [0.25, 0.3) is 0 Å². The van der Waals surface area contributed by atoms with E-state index in [0.29, 0.717) is 6.04 Å². The summed E-state index contributed by atoms with van der Waals surface area (Å²) >= 11 is 2.06.